The number of carbonyl (C=O) groups is 1. The third-order valence-electron chi connectivity index (χ3n) is 2.86. The number of piperidine rings is 1. The van der Waals surface area contributed by atoms with Crippen LogP contribution in [0.25, 0.3) is 0 Å². The van der Waals surface area contributed by atoms with Crippen LogP contribution in [0.15, 0.2) is 0 Å². The first-order valence-electron chi connectivity index (χ1n) is 6.58. The number of amides is 1. The van der Waals surface area contributed by atoms with Gasteiger partial charge in [-0.1, -0.05) is 5.92 Å². The normalized spacial score (nSPS) is 20.3. The number of hydrogen-bond donors (Lipinski definition) is 1. The second kappa shape index (κ2) is 6.65. The standard InChI is InChI=1S/C14H24N2O2/c1-5-9-15-11-12-8-6-7-10-16(12)13(17)18-14(2,3)4/h1,12,15H,6-11H2,2-4H3. The lowest BCUT2D eigenvalue weighted by Gasteiger charge is -2.36. The van der Waals surface area contributed by atoms with Crippen LogP contribution in [-0.2, 0) is 4.74 Å². The lowest BCUT2D eigenvalue weighted by Crippen LogP contribution is -2.50. The van der Waals surface area contributed by atoms with Gasteiger partial charge in [0.15, 0.2) is 0 Å². The molecule has 4 nitrogen and oxygen atoms in total. The molecular weight excluding hydrogens is 228 g/mol. The Kier molecular flexibility index (Phi) is 5.49. The number of nitrogens with one attached hydrogen (secondary N) is 1. The molecule has 0 bridgehead atoms. The molecule has 4 heteroatoms. The van der Waals surface area contributed by atoms with E-state index in [1.165, 1.54) is 0 Å². The van der Waals surface area contributed by atoms with Crippen LogP contribution in [0.2, 0.25) is 0 Å². The lowest BCUT2D eigenvalue weighted by molar-refractivity contribution is 0.0101. The van der Waals surface area contributed by atoms with E-state index in [1.54, 1.807) is 0 Å². The third-order valence-corrected chi connectivity index (χ3v) is 2.86. The summed E-state index contributed by atoms with van der Waals surface area (Å²) in [5, 5.41) is 3.17. The molecule has 1 fully saturated rings. The molecule has 0 aliphatic carbocycles. The molecule has 1 atom stereocenters. The van der Waals surface area contributed by atoms with E-state index in [0.717, 1.165) is 32.4 Å². The summed E-state index contributed by atoms with van der Waals surface area (Å²) in [6.07, 6.45) is 8.20. The summed E-state index contributed by atoms with van der Waals surface area (Å²) < 4.78 is 5.43. The minimum Gasteiger partial charge on any atom is -0.444 e. The fraction of sp³-hybridized carbons (Fsp3) is 0.786. The molecule has 0 radical (unpaired) electrons. The fourth-order valence-corrected chi connectivity index (χ4v) is 2.08. The molecule has 1 heterocycles. The minimum atomic E-state index is -0.439. The van der Waals surface area contributed by atoms with Crippen LogP contribution < -0.4 is 5.32 Å². The van der Waals surface area contributed by atoms with Crippen LogP contribution in [0.1, 0.15) is 40.0 Å². The average Bonchev–Trinajstić information content (AvgIpc) is 2.27. The second-order valence-electron chi connectivity index (χ2n) is 5.66. The van der Waals surface area contributed by atoms with Gasteiger partial charge in [0.25, 0.3) is 0 Å². The van der Waals surface area contributed by atoms with Crippen molar-refractivity contribution in [1.29, 1.82) is 0 Å². The summed E-state index contributed by atoms with van der Waals surface area (Å²) in [6.45, 7) is 7.72. The molecule has 1 N–H and O–H groups in total. The molecule has 0 aromatic heterocycles. The Morgan fingerprint density at radius 1 is 1.50 bits per heavy atom. The molecule has 1 rings (SSSR count). The van der Waals surface area contributed by atoms with Crippen LogP contribution in [0.5, 0.6) is 0 Å². The monoisotopic (exact) mass is 252 g/mol. The Bertz CT molecular complexity index is 315. The number of carbonyl (C=O) groups excluding carboxylic acids is 1. The van der Waals surface area contributed by atoms with Gasteiger partial charge in [-0.2, -0.15) is 0 Å². The molecule has 1 amide bonds. The van der Waals surface area contributed by atoms with Crippen molar-refractivity contribution in [2.45, 2.75) is 51.7 Å². The maximum Gasteiger partial charge on any atom is 0.410 e. The van der Waals surface area contributed by atoms with E-state index in [-0.39, 0.29) is 12.1 Å². The highest BCUT2D eigenvalue weighted by Crippen LogP contribution is 2.19. The molecule has 0 aromatic carbocycles. The first-order valence-corrected chi connectivity index (χ1v) is 6.58. The van der Waals surface area contributed by atoms with Gasteiger partial charge in [0.2, 0.25) is 0 Å². The van der Waals surface area contributed by atoms with Crippen LogP contribution in [0.3, 0.4) is 0 Å². The summed E-state index contributed by atoms with van der Waals surface area (Å²) in [6, 6.07) is 0.196. The quantitative estimate of drug-likeness (QED) is 0.617. The average molecular weight is 252 g/mol. The van der Waals surface area contributed by atoms with E-state index in [0.29, 0.717) is 6.54 Å². The van der Waals surface area contributed by atoms with Crippen molar-refractivity contribution in [2.24, 2.45) is 0 Å². The maximum atomic E-state index is 12.1. The zero-order valence-corrected chi connectivity index (χ0v) is 11.7. The van der Waals surface area contributed by atoms with Crippen LogP contribution in [-0.4, -0.2) is 42.3 Å². The largest absolute Gasteiger partial charge is 0.444 e. The van der Waals surface area contributed by atoms with Crippen molar-refractivity contribution >= 4 is 6.09 Å². The summed E-state index contributed by atoms with van der Waals surface area (Å²) in [5.74, 6) is 2.54. The van der Waals surface area contributed by atoms with Gasteiger partial charge in [0, 0.05) is 19.1 Å². The minimum absolute atomic E-state index is 0.196. The van der Waals surface area contributed by atoms with E-state index in [1.807, 2.05) is 25.7 Å². The fourth-order valence-electron chi connectivity index (χ4n) is 2.08. The Labute approximate surface area is 110 Å². The number of terminal acetylenes is 1. The zero-order chi connectivity index (χ0) is 13.6. The number of ether oxygens (including phenoxy) is 1. The van der Waals surface area contributed by atoms with Crippen molar-refractivity contribution < 1.29 is 9.53 Å². The predicted molar refractivity (Wildman–Crippen MR) is 72.3 cm³/mol. The topological polar surface area (TPSA) is 41.6 Å². The highest BCUT2D eigenvalue weighted by atomic mass is 16.6. The van der Waals surface area contributed by atoms with Gasteiger partial charge < -0.3 is 15.0 Å². The molecule has 18 heavy (non-hydrogen) atoms. The van der Waals surface area contributed by atoms with Gasteiger partial charge in [0.1, 0.15) is 5.60 Å². The smallest absolute Gasteiger partial charge is 0.410 e. The number of likely N-dealkylation sites (tertiary alicyclic amines) is 1. The van der Waals surface area contributed by atoms with Gasteiger partial charge in [0.05, 0.1) is 6.54 Å². The highest BCUT2D eigenvalue weighted by Gasteiger charge is 2.29. The number of rotatable bonds is 3. The molecule has 0 spiro atoms. The van der Waals surface area contributed by atoms with E-state index < -0.39 is 5.60 Å². The number of hydrogen-bond acceptors (Lipinski definition) is 3. The Hall–Kier alpha value is -1.21. The van der Waals surface area contributed by atoms with Crippen LogP contribution in [0, 0.1) is 12.3 Å². The predicted octanol–water partition coefficient (Wildman–Crippen LogP) is 2.00. The SMILES string of the molecule is C#CCNCC1CCCCN1C(=O)OC(C)(C)C. The van der Waals surface area contributed by atoms with Crippen LogP contribution >= 0.6 is 0 Å². The lowest BCUT2D eigenvalue weighted by atomic mass is 10.0. The summed E-state index contributed by atoms with van der Waals surface area (Å²) >= 11 is 0. The van der Waals surface area contributed by atoms with E-state index in [9.17, 15) is 4.79 Å². The van der Waals surface area contributed by atoms with Crippen LogP contribution in [0.4, 0.5) is 4.79 Å². The second-order valence-corrected chi connectivity index (χ2v) is 5.66. The van der Waals surface area contributed by atoms with Gasteiger partial charge in [-0.05, 0) is 40.0 Å². The molecule has 0 aromatic rings. The summed E-state index contributed by atoms with van der Waals surface area (Å²) in [4.78, 5) is 13.9. The number of nitrogens with zero attached hydrogens (tertiary/aromatic N) is 1. The first kappa shape index (κ1) is 14.8. The summed E-state index contributed by atoms with van der Waals surface area (Å²) in [5.41, 5.74) is -0.439. The Balaban J connectivity index is 2.53. The molecule has 102 valence electrons. The molecular formula is C14H24N2O2. The summed E-state index contributed by atoms with van der Waals surface area (Å²) in [7, 11) is 0. The van der Waals surface area contributed by atoms with Gasteiger partial charge >= 0.3 is 6.09 Å². The molecule has 1 unspecified atom stereocenters. The van der Waals surface area contributed by atoms with Crippen molar-refractivity contribution in [3.05, 3.63) is 0 Å². The maximum absolute atomic E-state index is 12.1. The highest BCUT2D eigenvalue weighted by molar-refractivity contribution is 5.68. The third kappa shape index (κ3) is 4.97. The molecule has 1 aliphatic heterocycles. The van der Waals surface area contributed by atoms with Crippen molar-refractivity contribution in [1.82, 2.24) is 10.2 Å². The Morgan fingerprint density at radius 3 is 2.83 bits per heavy atom. The van der Waals surface area contributed by atoms with E-state index in [4.69, 9.17) is 11.2 Å². The van der Waals surface area contributed by atoms with E-state index in [2.05, 4.69) is 11.2 Å². The van der Waals surface area contributed by atoms with Gasteiger partial charge in [-0.25, -0.2) is 4.79 Å². The molecule has 0 saturated carbocycles. The zero-order valence-electron chi connectivity index (χ0n) is 11.7. The van der Waals surface area contributed by atoms with Crippen molar-refractivity contribution in [2.75, 3.05) is 19.6 Å². The van der Waals surface area contributed by atoms with Crippen molar-refractivity contribution in [3.63, 3.8) is 0 Å². The van der Waals surface area contributed by atoms with Gasteiger partial charge in [-0.3, -0.25) is 0 Å². The van der Waals surface area contributed by atoms with Gasteiger partial charge in [-0.15, -0.1) is 6.42 Å². The van der Waals surface area contributed by atoms with E-state index >= 15 is 0 Å². The van der Waals surface area contributed by atoms with Crippen molar-refractivity contribution in [3.8, 4) is 12.3 Å². The first-order chi connectivity index (χ1) is 8.44. The molecule has 1 aliphatic rings. The Morgan fingerprint density at radius 2 is 2.22 bits per heavy atom. The molecule has 1 saturated heterocycles.